The van der Waals surface area contributed by atoms with Crippen molar-refractivity contribution in [3.05, 3.63) is 35.4 Å². The topological polar surface area (TPSA) is 46.3 Å². The lowest BCUT2D eigenvalue weighted by molar-refractivity contribution is 0.0748. The van der Waals surface area contributed by atoms with E-state index in [1.165, 1.54) is 0 Å². The van der Waals surface area contributed by atoms with Crippen molar-refractivity contribution in [1.29, 1.82) is 0 Å². The molecule has 1 aromatic carbocycles. The fourth-order valence-corrected chi connectivity index (χ4v) is 1.85. The van der Waals surface area contributed by atoms with Crippen molar-refractivity contribution in [1.82, 2.24) is 4.90 Å². The largest absolute Gasteiger partial charge is 0.393 e. The fraction of sp³-hybridized carbons (Fsp3) is 0.385. The normalized spacial score (nSPS) is 11.9. The Morgan fingerprint density at radius 2 is 2.18 bits per heavy atom. The van der Waals surface area contributed by atoms with E-state index < -0.39 is 0 Å². The van der Waals surface area contributed by atoms with Crippen molar-refractivity contribution in [3.63, 3.8) is 0 Å². The summed E-state index contributed by atoms with van der Waals surface area (Å²) in [4.78, 5) is 14.3. The number of nitrogens with zero attached hydrogens (tertiary/aromatic N) is 1. The van der Waals surface area contributed by atoms with E-state index in [1.54, 1.807) is 11.9 Å². The van der Waals surface area contributed by atoms with E-state index in [-0.39, 0.29) is 11.9 Å². The van der Waals surface area contributed by atoms with Gasteiger partial charge in [-0.25, -0.2) is 0 Å². The van der Waals surface area contributed by atoms with Crippen LogP contribution in [0.3, 0.4) is 0 Å². The second kappa shape index (κ2) is 5.77. The van der Waals surface area contributed by atoms with E-state index in [1.807, 2.05) is 38.1 Å². The van der Waals surface area contributed by atoms with Gasteiger partial charge in [-0.2, -0.15) is 0 Å². The summed E-state index contributed by atoms with van der Waals surface area (Å²) in [6.45, 7) is 3.90. The average Bonchev–Trinajstić information content (AvgIpc) is 2.26. The van der Waals surface area contributed by atoms with E-state index in [0.29, 0.717) is 17.0 Å². The van der Waals surface area contributed by atoms with Gasteiger partial charge < -0.3 is 10.6 Å². The molecule has 1 amide bonds. The molecule has 0 fully saturated rings. The highest BCUT2D eigenvalue weighted by Crippen LogP contribution is 2.10. The third-order valence-electron chi connectivity index (χ3n) is 2.74. The third-order valence-corrected chi connectivity index (χ3v) is 2.91. The molecule has 0 aliphatic heterocycles. The predicted molar refractivity (Wildman–Crippen MR) is 74.1 cm³/mol. The Balaban J connectivity index is 2.79. The van der Waals surface area contributed by atoms with Crippen LogP contribution in [0.1, 0.15) is 29.3 Å². The zero-order valence-corrected chi connectivity index (χ0v) is 11.3. The maximum absolute atomic E-state index is 12.2. The highest BCUT2D eigenvalue weighted by atomic mass is 32.1. The molecular formula is C13H18N2OS. The Kier molecular flexibility index (Phi) is 4.63. The van der Waals surface area contributed by atoms with Gasteiger partial charge in [0.1, 0.15) is 0 Å². The van der Waals surface area contributed by atoms with Crippen molar-refractivity contribution in [2.45, 2.75) is 26.3 Å². The molecule has 1 atom stereocenters. The number of amides is 1. The number of rotatable bonds is 4. The summed E-state index contributed by atoms with van der Waals surface area (Å²) < 4.78 is 0. The number of carbonyl (C=O) groups is 1. The monoisotopic (exact) mass is 250 g/mol. The van der Waals surface area contributed by atoms with Crippen LogP contribution in [0.15, 0.2) is 24.3 Å². The molecule has 1 aromatic rings. The summed E-state index contributed by atoms with van der Waals surface area (Å²) >= 11 is 4.85. The zero-order chi connectivity index (χ0) is 13.0. The van der Waals surface area contributed by atoms with E-state index in [9.17, 15) is 4.79 Å². The smallest absolute Gasteiger partial charge is 0.253 e. The summed E-state index contributed by atoms with van der Waals surface area (Å²) in [6.07, 6.45) is 0.545. The van der Waals surface area contributed by atoms with E-state index in [4.69, 9.17) is 18.0 Å². The maximum atomic E-state index is 12.2. The van der Waals surface area contributed by atoms with E-state index in [2.05, 4.69) is 0 Å². The number of thiocarbonyl (C=S) groups is 1. The molecule has 0 aliphatic rings. The molecule has 0 bridgehead atoms. The summed E-state index contributed by atoms with van der Waals surface area (Å²) in [6, 6.07) is 7.57. The summed E-state index contributed by atoms with van der Waals surface area (Å²) in [5, 5.41) is 0. The Bertz CT molecular complexity index is 431. The van der Waals surface area contributed by atoms with Crippen molar-refractivity contribution in [3.8, 4) is 0 Å². The molecule has 4 heteroatoms. The van der Waals surface area contributed by atoms with Crippen molar-refractivity contribution < 1.29 is 4.79 Å². The SMILES string of the molecule is Cc1cccc(C(=O)N(C)C(C)CC(N)=S)c1. The van der Waals surface area contributed by atoms with E-state index >= 15 is 0 Å². The minimum Gasteiger partial charge on any atom is -0.393 e. The molecule has 1 unspecified atom stereocenters. The molecule has 0 aromatic heterocycles. The molecule has 3 nitrogen and oxygen atoms in total. The van der Waals surface area contributed by atoms with E-state index in [0.717, 1.165) is 5.56 Å². The summed E-state index contributed by atoms with van der Waals surface area (Å²) in [5.74, 6) is -0.00236. The Hall–Kier alpha value is -1.42. The highest BCUT2D eigenvalue weighted by molar-refractivity contribution is 7.80. The lowest BCUT2D eigenvalue weighted by Gasteiger charge is -2.24. The van der Waals surface area contributed by atoms with Crippen LogP contribution in [0.25, 0.3) is 0 Å². The van der Waals surface area contributed by atoms with Crippen LogP contribution >= 0.6 is 12.2 Å². The zero-order valence-electron chi connectivity index (χ0n) is 10.4. The molecule has 17 heavy (non-hydrogen) atoms. The molecule has 0 saturated heterocycles. The van der Waals surface area contributed by atoms with Crippen LogP contribution in [0.5, 0.6) is 0 Å². The van der Waals surface area contributed by atoms with Crippen molar-refractivity contribution in [2.75, 3.05) is 7.05 Å². The minimum absolute atomic E-state index is 0.00236. The van der Waals surface area contributed by atoms with Crippen molar-refractivity contribution >= 4 is 23.1 Å². The highest BCUT2D eigenvalue weighted by Gasteiger charge is 2.17. The van der Waals surface area contributed by atoms with Gasteiger partial charge in [-0.1, -0.05) is 29.9 Å². The maximum Gasteiger partial charge on any atom is 0.253 e. The molecule has 0 radical (unpaired) electrons. The number of hydrogen-bond donors (Lipinski definition) is 1. The molecule has 0 aliphatic carbocycles. The minimum atomic E-state index is -0.00236. The van der Waals surface area contributed by atoms with Crippen LogP contribution in [0, 0.1) is 6.92 Å². The van der Waals surface area contributed by atoms with Crippen molar-refractivity contribution in [2.24, 2.45) is 5.73 Å². The van der Waals surface area contributed by atoms with Gasteiger partial charge in [0.2, 0.25) is 0 Å². The van der Waals surface area contributed by atoms with Gasteiger partial charge in [0.25, 0.3) is 5.91 Å². The van der Waals surface area contributed by atoms with Gasteiger partial charge >= 0.3 is 0 Å². The molecule has 0 saturated carbocycles. The van der Waals surface area contributed by atoms with Gasteiger partial charge in [0.05, 0.1) is 4.99 Å². The number of nitrogens with two attached hydrogens (primary N) is 1. The van der Waals surface area contributed by atoms with Gasteiger partial charge in [0.15, 0.2) is 0 Å². The second-order valence-corrected chi connectivity index (χ2v) is 4.83. The lowest BCUT2D eigenvalue weighted by Crippen LogP contribution is -2.37. The Labute approximate surface area is 108 Å². The fourth-order valence-electron chi connectivity index (χ4n) is 1.61. The summed E-state index contributed by atoms with van der Waals surface area (Å²) in [7, 11) is 1.77. The number of carbonyl (C=O) groups excluding carboxylic acids is 1. The quantitative estimate of drug-likeness (QED) is 0.833. The predicted octanol–water partition coefficient (Wildman–Crippen LogP) is 2.13. The van der Waals surface area contributed by atoms with Crippen LogP contribution in [0.2, 0.25) is 0 Å². The van der Waals surface area contributed by atoms with Crippen LogP contribution in [-0.4, -0.2) is 28.9 Å². The van der Waals surface area contributed by atoms with Gasteiger partial charge in [-0.05, 0) is 26.0 Å². The molecule has 0 spiro atoms. The standard InChI is InChI=1S/C13H18N2OS/c1-9-5-4-6-11(7-9)13(16)15(3)10(2)8-12(14)17/h4-7,10H,8H2,1-3H3,(H2,14,17). The van der Waals surface area contributed by atoms with Gasteiger partial charge in [-0.15, -0.1) is 0 Å². The first-order chi connectivity index (χ1) is 7.91. The lowest BCUT2D eigenvalue weighted by atomic mass is 10.1. The first-order valence-corrected chi connectivity index (χ1v) is 5.94. The number of aryl methyl sites for hydroxylation is 1. The van der Waals surface area contributed by atoms with Crippen LogP contribution in [0.4, 0.5) is 0 Å². The summed E-state index contributed by atoms with van der Waals surface area (Å²) in [5.41, 5.74) is 7.26. The average molecular weight is 250 g/mol. The number of benzene rings is 1. The van der Waals surface area contributed by atoms with Crippen LogP contribution < -0.4 is 5.73 Å². The second-order valence-electron chi connectivity index (χ2n) is 4.30. The molecule has 92 valence electrons. The van der Waals surface area contributed by atoms with Gasteiger partial charge in [-0.3, -0.25) is 4.79 Å². The molecular weight excluding hydrogens is 232 g/mol. The van der Waals surface area contributed by atoms with Gasteiger partial charge in [0, 0.05) is 25.1 Å². The molecule has 1 rings (SSSR count). The molecule has 2 N–H and O–H groups in total. The first-order valence-electron chi connectivity index (χ1n) is 5.54. The first kappa shape index (κ1) is 13.6. The number of hydrogen-bond acceptors (Lipinski definition) is 2. The Morgan fingerprint density at radius 3 is 2.71 bits per heavy atom. The Morgan fingerprint density at radius 1 is 1.53 bits per heavy atom. The molecule has 0 heterocycles. The van der Waals surface area contributed by atoms with Crippen LogP contribution in [-0.2, 0) is 0 Å². The third kappa shape index (κ3) is 3.82.